The van der Waals surface area contributed by atoms with Crippen molar-refractivity contribution in [3.05, 3.63) is 126 Å². The number of fused-ring (bicyclic) bond motifs is 6. The molecule has 0 aliphatic carbocycles. The van der Waals surface area contributed by atoms with E-state index in [-0.39, 0.29) is 12.2 Å². The number of para-hydroxylation sites is 3. The highest BCUT2D eigenvalue weighted by Crippen LogP contribution is 2.40. The summed E-state index contributed by atoms with van der Waals surface area (Å²) in [5.74, 6) is 0. The first-order valence-electron chi connectivity index (χ1n) is 11.0. The standard InChI is InChI=1S/C28H22N4/c1-2-8-22-21(7-1)24-11-5-18-32(24)28(30-22)20-15-13-19(14-16-20)27-26-12-6-17-31(26)25-10-4-3-9-23(25)29-27/h1-18,27-30H. The molecule has 0 amide bonds. The molecular weight excluding hydrogens is 392 g/mol. The lowest BCUT2D eigenvalue weighted by Gasteiger charge is -2.32. The summed E-state index contributed by atoms with van der Waals surface area (Å²) in [5.41, 5.74) is 9.79. The van der Waals surface area contributed by atoms with Crippen LogP contribution in [-0.2, 0) is 0 Å². The average Bonchev–Trinajstić information content (AvgIpc) is 3.54. The zero-order chi connectivity index (χ0) is 21.1. The number of benzene rings is 3. The lowest BCUT2D eigenvalue weighted by Crippen LogP contribution is -2.24. The first-order valence-corrected chi connectivity index (χ1v) is 11.0. The van der Waals surface area contributed by atoms with Gasteiger partial charge < -0.3 is 19.8 Å². The van der Waals surface area contributed by atoms with Gasteiger partial charge in [0.1, 0.15) is 6.17 Å². The average molecular weight is 415 g/mol. The molecule has 2 unspecified atom stereocenters. The number of anilines is 2. The minimum Gasteiger partial charge on any atom is -0.371 e. The van der Waals surface area contributed by atoms with Crippen LogP contribution in [-0.4, -0.2) is 9.13 Å². The molecule has 2 aliphatic rings. The molecule has 2 aromatic heterocycles. The Labute approximate surface area is 186 Å². The first-order chi connectivity index (χ1) is 15.9. The third-order valence-corrected chi connectivity index (χ3v) is 6.68. The van der Waals surface area contributed by atoms with Crippen molar-refractivity contribution in [2.75, 3.05) is 10.6 Å². The summed E-state index contributed by atoms with van der Waals surface area (Å²) in [6.07, 6.45) is 4.38. The van der Waals surface area contributed by atoms with Crippen LogP contribution in [0.1, 0.15) is 29.0 Å². The highest BCUT2D eigenvalue weighted by atomic mass is 15.2. The van der Waals surface area contributed by atoms with Gasteiger partial charge in [-0.2, -0.15) is 0 Å². The zero-order valence-electron chi connectivity index (χ0n) is 17.4. The fourth-order valence-corrected chi connectivity index (χ4v) is 5.15. The molecule has 0 bridgehead atoms. The minimum absolute atomic E-state index is 0.0767. The molecule has 0 radical (unpaired) electrons. The van der Waals surface area contributed by atoms with E-state index in [1.54, 1.807) is 0 Å². The maximum Gasteiger partial charge on any atom is 0.129 e. The van der Waals surface area contributed by atoms with Gasteiger partial charge in [-0.25, -0.2) is 0 Å². The van der Waals surface area contributed by atoms with Gasteiger partial charge in [-0.05, 0) is 53.6 Å². The Morgan fingerprint density at radius 3 is 2.25 bits per heavy atom. The van der Waals surface area contributed by atoms with Gasteiger partial charge >= 0.3 is 0 Å². The lowest BCUT2D eigenvalue weighted by atomic mass is 9.98. The van der Waals surface area contributed by atoms with Gasteiger partial charge in [0, 0.05) is 29.3 Å². The van der Waals surface area contributed by atoms with Crippen molar-refractivity contribution in [1.29, 1.82) is 0 Å². The topological polar surface area (TPSA) is 33.9 Å². The van der Waals surface area contributed by atoms with Crippen LogP contribution in [0.5, 0.6) is 0 Å². The number of rotatable bonds is 2. The Bertz CT molecular complexity index is 1330. The van der Waals surface area contributed by atoms with E-state index in [0.717, 1.165) is 5.69 Å². The monoisotopic (exact) mass is 414 g/mol. The molecule has 5 aromatic rings. The van der Waals surface area contributed by atoms with Crippen molar-refractivity contribution >= 4 is 11.4 Å². The maximum atomic E-state index is 3.74. The molecule has 4 heteroatoms. The van der Waals surface area contributed by atoms with Crippen LogP contribution in [0.15, 0.2) is 109 Å². The summed E-state index contributed by atoms with van der Waals surface area (Å²) < 4.78 is 4.60. The predicted octanol–water partition coefficient (Wildman–Crippen LogP) is 6.43. The number of hydrogen-bond donors (Lipinski definition) is 2. The normalized spacial score (nSPS) is 17.9. The van der Waals surface area contributed by atoms with Gasteiger partial charge in [-0.1, -0.05) is 54.6 Å². The third kappa shape index (κ3) is 2.50. The molecule has 4 nitrogen and oxygen atoms in total. The quantitative estimate of drug-likeness (QED) is 0.349. The SMILES string of the molecule is c1ccc2c(c1)NC(c1ccc(C3Nc4ccccc4-n4cccc43)cc1)n1cccc1-2. The second kappa shape index (κ2) is 6.66. The first kappa shape index (κ1) is 17.5. The van der Waals surface area contributed by atoms with Gasteiger partial charge in [0.2, 0.25) is 0 Å². The lowest BCUT2D eigenvalue weighted by molar-refractivity contribution is 0.654. The van der Waals surface area contributed by atoms with Crippen LogP contribution in [0.4, 0.5) is 11.4 Å². The minimum atomic E-state index is 0.0767. The van der Waals surface area contributed by atoms with E-state index in [0.29, 0.717) is 0 Å². The molecule has 2 N–H and O–H groups in total. The van der Waals surface area contributed by atoms with Crippen molar-refractivity contribution in [3.63, 3.8) is 0 Å². The van der Waals surface area contributed by atoms with Crippen molar-refractivity contribution < 1.29 is 0 Å². The second-order valence-corrected chi connectivity index (χ2v) is 8.46. The molecule has 2 aliphatic heterocycles. The van der Waals surface area contributed by atoms with E-state index in [2.05, 4.69) is 129 Å². The van der Waals surface area contributed by atoms with Crippen LogP contribution in [0.25, 0.3) is 16.9 Å². The molecule has 4 heterocycles. The van der Waals surface area contributed by atoms with E-state index >= 15 is 0 Å². The van der Waals surface area contributed by atoms with Crippen LogP contribution < -0.4 is 10.6 Å². The number of hydrogen-bond acceptors (Lipinski definition) is 2. The Balaban J connectivity index is 1.25. The summed E-state index contributed by atoms with van der Waals surface area (Å²) in [5, 5.41) is 7.46. The Morgan fingerprint density at radius 2 is 1.34 bits per heavy atom. The summed E-state index contributed by atoms with van der Waals surface area (Å²) in [6, 6.07) is 34.8. The largest absolute Gasteiger partial charge is 0.371 e. The summed E-state index contributed by atoms with van der Waals surface area (Å²) in [7, 11) is 0. The Hall–Kier alpha value is -4.18. The van der Waals surface area contributed by atoms with Crippen LogP contribution in [0.3, 0.4) is 0 Å². The molecule has 32 heavy (non-hydrogen) atoms. The highest BCUT2D eigenvalue weighted by Gasteiger charge is 2.26. The van der Waals surface area contributed by atoms with Crippen molar-refractivity contribution in [2.45, 2.75) is 12.2 Å². The highest BCUT2D eigenvalue weighted by molar-refractivity contribution is 5.79. The van der Waals surface area contributed by atoms with Gasteiger partial charge in [-0.3, -0.25) is 0 Å². The van der Waals surface area contributed by atoms with Crippen molar-refractivity contribution in [3.8, 4) is 16.9 Å². The van der Waals surface area contributed by atoms with E-state index in [1.165, 1.54) is 39.5 Å². The van der Waals surface area contributed by atoms with E-state index in [1.807, 2.05) is 0 Å². The van der Waals surface area contributed by atoms with E-state index in [9.17, 15) is 0 Å². The third-order valence-electron chi connectivity index (χ3n) is 6.68. The smallest absolute Gasteiger partial charge is 0.129 e. The van der Waals surface area contributed by atoms with Crippen LogP contribution in [0, 0.1) is 0 Å². The maximum absolute atomic E-state index is 3.74. The van der Waals surface area contributed by atoms with Gasteiger partial charge in [0.25, 0.3) is 0 Å². The van der Waals surface area contributed by atoms with Crippen molar-refractivity contribution in [1.82, 2.24) is 9.13 Å². The molecule has 154 valence electrons. The summed E-state index contributed by atoms with van der Waals surface area (Å²) in [4.78, 5) is 0. The summed E-state index contributed by atoms with van der Waals surface area (Å²) >= 11 is 0. The summed E-state index contributed by atoms with van der Waals surface area (Å²) in [6.45, 7) is 0. The zero-order valence-corrected chi connectivity index (χ0v) is 17.4. The van der Waals surface area contributed by atoms with E-state index < -0.39 is 0 Å². The fourth-order valence-electron chi connectivity index (χ4n) is 5.15. The molecule has 0 saturated carbocycles. The number of nitrogens with one attached hydrogen (secondary N) is 2. The molecule has 2 atom stereocenters. The van der Waals surface area contributed by atoms with Gasteiger partial charge in [0.15, 0.2) is 0 Å². The molecule has 0 saturated heterocycles. The van der Waals surface area contributed by atoms with Gasteiger partial charge in [0.05, 0.1) is 23.1 Å². The predicted molar refractivity (Wildman–Crippen MR) is 129 cm³/mol. The molecule has 0 fully saturated rings. The molecule has 0 spiro atoms. The van der Waals surface area contributed by atoms with Crippen LogP contribution >= 0.6 is 0 Å². The molecule has 7 rings (SSSR count). The van der Waals surface area contributed by atoms with Crippen molar-refractivity contribution in [2.24, 2.45) is 0 Å². The Kier molecular flexibility index (Phi) is 3.64. The second-order valence-electron chi connectivity index (χ2n) is 8.46. The Morgan fingerprint density at radius 1 is 0.594 bits per heavy atom. The molecule has 3 aromatic carbocycles. The van der Waals surface area contributed by atoms with E-state index in [4.69, 9.17) is 0 Å². The van der Waals surface area contributed by atoms with Crippen LogP contribution in [0.2, 0.25) is 0 Å². The fraction of sp³-hybridized carbons (Fsp3) is 0.0714. The number of aromatic nitrogens is 2. The number of nitrogens with zero attached hydrogens (tertiary/aromatic N) is 2. The van der Waals surface area contributed by atoms with Gasteiger partial charge in [-0.15, -0.1) is 0 Å². The molecular formula is C28H22N4.